The highest BCUT2D eigenvalue weighted by molar-refractivity contribution is 5.83. The number of aromatic nitrogens is 1. The second-order valence-electron chi connectivity index (χ2n) is 7.59. The molecular weight excluding hydrogens is 320 g/mol. The Bertz CT molecular complexity index is 855. The minimum absolute atomic E-state index is 0.220. The third kappa shape index (κ3) is 3.55. The topological polar surface area (TPSA) is 28.4 Å². The predicted molar refractivity (Wildman–Crippen MR) is 107 cm³/mol. The maximum absolute atomic E-state index is 10.7. The molecule has 0 aliphatic heterocycles. The summed E-state index contributed by atoms with van der Waals surface area (Å²) in [7, 11) is 2.11. The molecule has 1 N–H and O–H groups in total. The van der Waals surface area contributed by atoms with Gasteiger partial charge in [0, 0.05) is 43.3 Å². The minimum atomic E-state index is -0.220. The zero-order valence-corrected chi connectivity index (χ0v) is 15.5. The SMILES string of the molecule is Cn1cc(CN(Cc2ccccc2)[C@@H]2CCCC[C@H]2O)c2ccccc21. The number of benzene rings is 2. The molecule has 136 valence electrons. The molecule has 1 aliphatic rings. The van der Waals surface area contributed by atoms with E-state index in [0.29, 0.717) is 0 Å². The van der Waals surface area contributed by atoms with Crippen molar-refractivity contribution in [1.29, 1.82) is 0 Å². The smallest absolute Gasteiger partial charge is 0.0695 e. The van der Waals surface area contributed by atoms with Gasteiger partial charge in [0.2, 0.25) is 0 Å². The number of hydrogen-bond acceptors (Lipinski definition) is 2. The van der Waals surface area contributed by atoms with Gasteiger partial charge in [0.05, 0.1) is 6.10 Å². The highest BCUT2D eigenvalue weighted by Crippen LogP contribution is 2.28. The largest absolute Gasteiger partial charge is 0.391 e. The van der Waals surface area contributed by atoms with Gasteiger partial charge in [-0.3, -0.25) is 4.90 Å². The molecule has 1 heterocycles. The van der Waals surface area contributed by atoms with Gasteiger partial charge >= 0.3 is 0 Å². The molecule has 0 unspecified atom stereocenters. The third-order valence-corrected chi connectivity index (χ3v) is 5.74. The van der Waals surface area contributed by atoms with E-state index in [9.17, 15) is 5.11 Å². The van der Waals surface area contributed by atoms with Gasteiger partial charge in [0.15, 0.2) is 0 Å². The number of aliphatic hydroxyl groups excluding tert-OH is 1. The van der Waals surface area contributed by atoms with Crippen molar-refractivity contribution in [3.8, 4) is 0 Å². The van der Waals surface area contributed by atoms with E-state index in [-0.39, 0.29) is 12.1 Å². The summed E-state index contributed by atoms with van der Waals surface area (Å²) in [6.45, 7) is 1.75. The lowest BCUT2D eigenvalue weighted by molar-refractivity contribution is 0.0116. The Kier molecular flexibility index (Phi) is 5.09. The van der Waals surface area contributed by atoms with Crippen LogP contribution in [-0.4, -0.2) is 26.7 Å². The summed E-state index contributed by atoms with van der Waals surface area (Å²) in [5, 5.41) is 12.0. The van der Waals surface area contributed by atoms with E-state index in [2.05, 4.69) is 77.3 Å². The lowest BCUT2D eigenvalue weighted by Crippen LogP contribution is -2.44. The maximum Gasteiger partial charge on any atom is 0.0695 e. The molecule has 3 nitrogen and oxygen atoms in total. The summed E-state index contributed by atoms with van der Waals surface area (Å²) in [5.74, 6) is 0. The number of fused-ring (bicyclic) bond motifs is 1. The second-order valence-corrected chi connectivity index (χ2v) is 7.59. The first-order valence-corrected chi connectivity index (χ1v) is 9.71. The molecule has 1 aromatic heterocycles. The zero-order valence-electron chi connectivity index (χ0n) is 15.5. The molecular formula is C23H28N2O. The van der Waals surface area contributed by atoms with Crippen molar-refractivity contribution in [2.45, 2.75) is 50.9 Å². The fourth-order valence-electron chi connectivity index (χ4n) is 4.40. The Balaban J connectivity index is 1.65. The van der Waals surface area contributed by atoms with Gasteiger partial charge in [-0.05, 0) is 30.0 Å². The van der Waals surface area contributed by atoms with Crippen LogP contribution in [-0.2, 0) is 20.1 Å². The maximum atomic E-state index is 10.7. The van der Waals surface area contributed by atoms with Crippen molar-refractivity contribution in [2.24, 2.45) is 7.05 Å². The van der Waals surface area contributed by atoms with Crippen LogP contribution in [0.4, 0.5) is 0 Å². The number of aliphatic hydroxyl groups is 1. The van der Waals surface area contributed by atoms with Crippen molar-refractivity contribution in [2.75, 3.05) is 0 Å². The lowest BCUT2D eigenvalue weighted by atomic mass is 9.90. The molecule has 26 heavy (non-hydrogen) atoms. The second kappa shape index (κ2) is 7.65. The van der Waals surface area contributed by atoms with Crippen molar-refractivity contribution in [1.82, 2.24) is 9.47 Å². The quantitative estimate of drug-likeness (QED) is 0.736. The summed E-state index contributed by atoms with van der Waals surface area (Å²) < 4.78 is 2.21. The Morgan fingerprint density at radius 3 is 2.50 bits per heavy atom. The highest BCUT2D eigenvalue weighted by atomic mass is 16.3. The standard InChI is InChI=1S/C23H28N2O/c1-24-16-19(20-11-5-6-12-21(20)24)17-25(15-18-9-3-2-4-10-18)22-13-7-8-14-23(22)26/h2-6,9-12,16,22-23,26H,7-8,13-15,17H2,1H3/t22-,23-/m1/s1. The van der Waals surface area contributed by atoms with Crippen LogP contribution in [0.25, 0.3) is 10.9 Å². The predicted octanol–water partition coefficient (Wildman–Crippen LogP) is 4.48. The molecule has 1 saturated carbocycles. The van der Waals surface area contributed by atoms with Gasteiger partial charge < -0.3 is 9.67 Å². The van der Waals surface area contributed by atoms with E-state index in [1.54, 1.807) is 0 Å². The van der Waals surface area contributed by atoms with Crippen LogP contribution in [0.1, 0.15) is 36.8 Å². The van der Waals surface area contributed by atoms with Crippen LogP contribution in [0, 0.1) is 0 Å². The van der Waals surface area contributed by atoms with Gasteiger partial charge in [-0.2, -0.15) is 0 Å². The van der Waals surface area contributed by atoms with E-state index in [1.807, 2.05) is 0 Å². The molecule has 0 amide bonds. The van der Waals surface area contributed by atoms with E-state index in [1.165, 1.54) is 28.5 Å². The number of aryl methyl sites for hydroxylation is 1. The number of rotatable bonds is 5. The summed E-state index contributed by atoms with van der Waals surface area (Å²) in [6.07, 6.45) is 6.39. The Morgan fingerprint density at radius 1 is 0.962 bits per heavy atom. The van der Waals surface area contributed by atoms with E-state index >= 15 is 0 Å². The summed E-state index contributed by atoms with van der Waals surface area (Å²) in [4.78, 5) is 2.49. The van der Waals surface area contributed by atoms with E-state index in [0.717, 1.165) is 32.4 Å². The van der Waals surface area contributed by atoms with Crippen LogP contribution >= 0.6 is 0 Å². The van der Waals surface area contributed by atoms with Gasteiger partial charge in [-0.25, -0.2) is 0 Å². The lowest BCUT2D eigenvalue weighted by Gasteiger charge is -2.37. The summed E-state index contributed by atoms with van der Waals surface area (Å²) >= 11 is 0. The first kappa shape index (κ1) is 17.3. The monoisotopic (exact) mass is 348 g/mol. The molecule has 0 bridgehead atoms. The number of para-hydroxylation sites is 1. The zero-order chi connectivity index (χ0) is 17.9. The normalized spacial score (nSPS) is 20.7. The molecule has 4 rings (SSSR count). The number of nitrogens with zero attached hydrogens (tertiary/aromatic N) is 2. The van der Waals surface area contributed by atoms with Crippen LogP contribution in [0.2, 0.25) is 0 Å². The van der Waals surface area contributed by atoms with Gasteiger partial charge in [-0.1, -0.05) is 61.4 Å². The molecule has 2 atom stereocenters. The molecule has 0 saturated heterocycles. The number of hydrogen-bond donors (Lipinski definition) is 1. The van der Waals surface area contributed by atoms with Gasteiger partial charge in [-0.15, -0.1) is 0 Å². The average Bonchev–Trinajstić information content (AvgIpc) is 2.99. The Morgan fingerprint density at radius 2 is 1.69 bits per heavy atom. The van der Waals surface area contributed by atoms with E-state index in [4.69, 9.17) is 0 Å². The Hall–Kier alpha value is -2.10. The Labute approximate surface area is 155 Å². The van der Waals surface area contributed by atoms with Crippen LogP contribution in [0.3, 0.4) is 0 Å². The fraction of sp³-hybridized carbons (Fsp3) is 0.391. The average molecular weight is 348 g/mol. The molecule has 0 spiro atoms. The third-order valence-electron chi connectivity index (χ3n) is 5.74. The molecule has 1 aliphatic carbocycles. The first-order chi connectivity index (χ1) is 12.7. The van der Waals surface area contributed by atoms with Crippen LogP contribution in [0.5, 0.6) is 0 Å². The van der Waals surface area contributed by atoms with Crippen LogP contribution < -0.4 is 0 Å². The van der Waals surface area contributed by atoms with E-state index < -0.39 is 0 Å². The van der Waals surface area contributed by atoms with Crippen molar-refractivity contribution < 1.29 is 5.11 Å². The molecule has 3 aromatic rings. The van der Waals surface area contributed by atoms with Gasteiger partial charge in [0.1, 0.15) is 0 Å². The van der Waals surface area contributed by atoms with Crippen LogP contribution in [0.15, 0.2) is 60.8 Å². The molecule has 2 aromatic carbocycles. The molecule has 1 fully saturated rings. The summed E-state index contributed by atoms with van der Waals surface area (Å²) in [5.41, 5.74) is 3.92. The molecule has 3 heteroatoms. The highest BCUT2D eigenvalue weighted by Gasteiger charge is 2.29. The van der Waals surface area contributed by atoms with Crippen molar-refractivity contribution >= 4 is 10.9 Å². The van der Waals surface area contributed by atoms with Crippen molar-refractivity contribution in [3.63, 3.8) is 0 Å². The van der Waals surface area contributed by atoms with Gasteiger partial charge in [0.25, 0.3) is 0 Å². The minimum Gasteiger partial charge on any atom is -0.391 e. The van der Waals surface area contributed by atoms with Crippen molar-refractivity contribution in [3.05, 3.63) is 71.9 Å². The fourth-order valence-corrected chi connectivity index (χ4v) is 4.40. The molecule has 0 radical (unpaired) electrons. The first-order valence-electron chi connectivity index (χ1n) is 9.71. The summed E-state index contributed by atoms with van der Waals surface area (Å²) in [6, 6.07) is 19.5.